The summed E-state index contributed by atoms with van der Waals surface area (Å²) in [5.74, 6) is 0.572. The highest BCUT2D eigenvalue weighted by atomic mass is 14.1. The number of aryl methyl sites for hydroxylation is 1. The lowest BCUT2D eigenvalue weighted by Crippen LogP contribution is -1.93. The molecule has 1 atom stereocenters. The molecule has 0 spiro atoms. The summed E-state index contributed by atoms with van der Waals surface area (Å²) in [6, 6.07) is 8.52. The second-order valence-corrected chi connectivity index (χ2v) is 8.84. The number of hydrogen-bond donors (Lipinski definition) is 0. The molecule has 0 nitrogen and oxygen atoms in total. The molecule has 0 fully saturated rings. The number of terminal acetylenes is 1. The molecule has 39 heavy (non-hydrogen) atoms. The van der Waals surface area contributed by atoms with Gasteiger partial charge < -0.3 is 0 Å². The minimum atomic E-state index is 0. The molecule has 0 saturated heterocycles. The summed E-state index contributed by atoms with van der Waals surface area (Å²) < 4.78 is 0. The van der Waals surface area contributed by atoms with Crippen molar-refractivity contribution in [1.82, 2.24) is 0 Å². The lowest BCUT2D eigenvalue weighted by molar-refractivity contribution is 0.671. The van der Waals surface area contributed by atoms with Gasteiger partial charge in [0, 0.05) is 0 Å². The summed E-state index contributed by atoms with van der Waals surface area (Å²) in [6.45, 7) is 23.0. The molecule has 0 N–H and O–H groups in total. The van der Waals surface area contributed by atoms with E-state index < -0.39 is 0 Å². The van der Waals surface area contributed by atoms with Crippen molar-refractivity contribution in [3.63, 3.8) is 0 Å². The van der Waals surface area contributed by atoms with Crippen LogP contribution in [0.1, 0.15) is 94.2 Å². The summed E-state index contributed by atoms with van der Waals surface area (Å²) in [4.78, 5) is 0. The van der Waals surface area contributed by atoms with Gasteiger partial charge in [0.15, 0.2) is 0 Å². The lowest BCUT2D eigenvalue weighted by Gasteiger charge is -2.08. The van der Waals surface area contributed by atoms with Crippen LogP contribution in [0.5, 0.6) is 0 Å². The molecule has 0 amide bonds. The van der Waals surface area contributed by atoms with Gasteiger partial charge in [-0.1, -0.05) is 152 Å². The molecule has 0 aliphatic heterocycles. The molecule has 0 saturated carbocycles. The van der Waals surface area contributed by atoms with Crippen molar-refractivity contribution in [3.8, 4) is 12.8 Å². The van der Waals surface area contributed by atoms with E-state index in [1.165, 1.54) is 33.4 Å². The second-order valence-electron chi connectivity index (χ2n) is 8.84. The quantitative estimate of drug-likeness (QED) is 0.186. The number of benzene rings is 1. The van der Waals surface area contributed by atoms with Crippen LogP contribution in [-0.4, -0.2) is 0 Å². The second kappa shape index (κ2) is 30.9. The highest BCUT2D eigenvalue weighted by Crippen LogP contribution is 2.16. The molecule has 0 radical (unpaired) electrons. The van der Waals surface area contributed by atoms with Crippen LogP contribution in [0.4, 0.5) is 0 Å². The standard InChI is InChI=1S/C20H30.C14H18.C2H2.3CH4/c1-8-12-18(5)19(6)14-11-10-13-16(3)15-20(7)17(4)9-2;1-3-4-5-6-7-11-14-12-9-8-10-13(14)2;1-2;;;/h8,10-12,14-15,17H,1,7,9,13H2,2-6H3;4-10,12H,3,11H2,1-2H3;1-2H;3*1H4/b11-10-,16-15+,18-12+,19-14+;5-4-,7-6-;;;;. The van der Waals surface area contributed by atoms with Crippen LogP contribution in [-0.2, 0) is 6.42 Å². The Morgan fingerprint density at radius 3 is 1.97 bits per heavy atom. The molecule has 1 rings (SSSR count). The topological polar surface area (TPSA) is 0 Å². The van der Waals surface area contributed by atoms with E-state index in [1.807, 2.05) is 12.2 Å². The van der Waals surface area contributed by atoms with Crippen LogP contribution in [0.2, 0.25) is 0 Å². The Hall–Kier alpha value is -3.30. The minimum absolute atomic E-state index is 0. The summed E-state index contributed by atoms with van der Waals surface area (Å²) in [5, 5.41) is 0. The molecular weight excluding hydrogens is 468 g/mol. The van der Waals surface area contributed by atoms with Gasteiger partial charge in [-0.15, -0.1) is 12.8 Å². The average molecular weight is 531 g/mol. The largest absolute Gasteiger partial charge is 0.124 e. The first-order valence-corrected chi connectivity index (χ1v) is 12.9. The fourth-order valence-corrected chi connectivity index (χ4v) is 3.01. The predicted octanol–water partition coefficient (Wildman–Crippen LogP) is 12.8. The lowest BCUT2D eigenvalue weighted by atomic mass is 9.97. The van der Waals surface area contributed by atoms with E-state index in [0.29, 0.717) is 5.92 Å². The third-order valence-electron chi connectivity index (χ3n) is 5.81. The molecule has 0 heterocycles. The first kappa shape index (κ1) is 45.6. The van der Waals surface area contributed by atoms with E-state index in [4.69, 9.17) is 0 Å². The summed E-state index contributed by atoms with van der Waals surface area (Å²) in [5.41, 5.74) is 7.89. The Balaban J connectivity index is -0.000000180. The van der Waals surface area contributed by atoms with Crippen LogP contribution in [0.25, 0.3) is 0 Å². The van der Waals surface area contributed by atoms with Gasteiger partial charge in [0.1, 0.15) is 0 Å². The van der Waals surface area contributed by atoms with E-state index in [-0.39, 0.29) is 22.3 Å². The Morgan fingerprint density at radius 2 is 1.44 bits per heavy atom. The molecule has 0 bridgehead atoms. The maximum atomic E-state index is 4.14. The van der Waals surface area contributed by atoms with E-state index in [2.05, 4.69) is 147 Å². The molecule has 0 heteroatoms. The van der Waals surface area contributed by atoms with Gasteiger partial charge >= 0.3 is 0 Å². The number of rotatable bonds is 12. The van der Waals surface area contributed by atoms with Gasteiger partial charge in [0.25, 0.3) is 0 Å². The van der Waals surface area contributed by atoms with E-state index in [0.717, 1.165) is 25.7 Å². The zero-order valence-corrected chi connectivity index (χ0v) is 24.1. The highest BCUT2D eigenvalue weighted by molar-refractivity contribution is 5.33. The third-order valence-corrected chi connectivity index (χ3v) is 5.81. The summed E-state index contributed by atoms with van der Waals surface area (Å²) in [6.07, 6.45) is 33.4. The monoisotopic (exact) mass is 530 g/mol. The van der Waals surface area contributed by atoms with Crippen molar-refractivity contribution in [3.05, 3.63) is 132 Å². The zero-order valence-electron chi connectivity index (χ0n) is 24.1. The number of allylic oxidation sites excluding steroid dienone is 14. The van der Waals surface area contributed by atoms with Crippen molar-refractivity contribution in [2.24, 2.45) is 5.92 Å². The minimum Gasteiger partial charge on any atom is -0.124 e. The number of hydrogen-bond acceptors (Lipinski definition) is 0. The smallest absolute Gasteiger partial charge is 0.00917 e. The SMILES string of the molecule is C.C.C.C#C.C=C/C=C(C)/C(C)=C/C=C\C/C(C)=C/C(=C)C(C)CC.CC/C=C\C=C/Cc1ccccc1C. The van der Waals surface area contributed by atoms with E-state index in [1.54, 1.807) is 0 Å². The molecular formula is C39H62. The first-order chi connectivity index (χ1) is 17.3. The fourth-order valence-electron chi connectivity index (χ4n) is 3.01. The maximum absolute atomic E-state index is 4.14. The molecule has 0 aromatic heterocycles. The van der Waals surface area contributed by atoms with Crippen LogP contribution in [0, 0.1) is 25.7 Å². The molecule has 0 aliphatic carbocycles. The molecule has 218 valence electrons. The highest BCUT2D eigenvalue weighted by Gasteiger charge is 2.00. The Labute approximate surface area is 246 Å². The first-order valence-electron chi connectivity index (χ1n) is 12.9. The van der Waals surface area contributed by atoms with E-state index >= 15 is 0 Å². The van der Waals surface area contributed by atoms with Gasteiger partial charge in [-0.05, 0) is 81.6 Å². The Morgan fingerprint density at radius 1 is 0.872 bits per heavy atom. The average Bonchev–Trinajstić information content (AvgIpc) is 2.88. The summed E-state index contributed by atoms with van der Waals surface area (Å²) >= 11 is 0. The van der Waals surface area contributed by atoms with Crippen LogP contribution in [0.15, 0.2) is 120 Å². The van der Waals surface area contributed by atoms with E-state index in [9.17, 15) is 0 Å². The normalized spacial score (nSPS) is 12.2. The van der Waals surface area contributed by atoms with Crippen LogP contribution < -0.4 is 0 Å². The van der Waals surface area contributed by atoms with Crippen molar-refractivity contribution < 1.29 is 0 Å². The van der Waals surface area contributed by atoms with Gasteiger partial charge in [0.2, 0.25) is 0 Å². The van der Waals surface area contributed by atoms with Gasteiger partial charge in [0.05, 0.1) is 0 Å². The van der Waals surface area contributed by atoms with Crippen molar-refractivity contribution >= 4 is 0 Å². The van der Waals surface area contributed by atoms with Crippen molar-refractivity contribution in [2.45, 2.75) is 96.4 Å². The molecule has 1 aromatic rings. The third kappa shape index (κ3) is 24.8. The van der Waals surface area contributed by atoms with Gasteiger partial charge in [-0.2, -0.15) is 0 Å². The Bertz CT molecular complexity index is 951. The van der Waals surface area contributed by atoms with Crippen molar-refractivity contribution in [1.29, 1.82) is 0 Å². The zero-order chi connectivity index (χ0) is 27.8. The van der Waals surface area contributed by atoms with Gasteiger partial charge in [-0.3, -0.25) is 0 Å². The van der Waals surface area contributed by atoms with Gasteiger partial charge in [-0.25, -0.2) is 0 Å². The maximum Gasteiger partial charge on any atom is -0.00917 e. The fraction of sp³-hybridized carbons (Fsp3) is 0.385. The van der Waals surface area contributed by atoms with Crippen LogP contribution in [0.3, 0.4) is 0 Å². The molecule has 1 unspecified atom stereocenters. The predicted molar refractivity (Wildman–Crippen MR) is 187 cm³/mol. The Kier molecular flexibility index (Phi) is 36.2. The molecule has 1 aromatic carbocycles. The van der Waals surface area contributed by atoms with Crippen molar-refractivity contribution in [2.75, 3.05) is 0 Å². The molecule has 0 aliphatic rings. The summed E-state index contributed by atoms with van der Waals surface area (Å²) in [7, 11) is 0. The van der Waals surface area contributed by atoms with Crippen LogP contribution >= 0.6 is 0 Å².